The molecule has 124 valence electrons. The van der Waals surface area contributed by atoms with Crippen molar-refractivity contribution in [2.45, 2.75) is 36.2 Å². The lowest BCUT2D eigenvalue weighted by atomic mass is 10.1. The highest BCUT2D eigenvalue weighted by Gasteiger charge is 2.44. The SMILES string of the molecule is Cl.O=S(=O)(c1ccc(Cl)c(F)c1Cl)N1C2CCNCC1CC2. The van der Waals surface area contributed by atoms with Crippen molar-refractivity contribution in [2.24, 2.45) is 0 Å². The third-order valence-corrected chi connectivity index (χ3v) is 6.96. The number of nitrogens with one attached hydrogen (secondary N) is 1. The zero-order chi connectivity index (χ0) is 15.2. The molecule has 2 unspecified atom stereocenters. The highest BCUT2D eigenvalue weighted by Crippen LogP contribution is 2.37. The summed E-state index contributed by atoms with van der Waals surface area (Å²) in [4.78, 5) is -0.204. The van der Waals surface area contributed by atoms with E-state index in [2.05, 4.69) is 5.32 Å². The molecule has 9 heteroatoms. The number of nitrogens with zero attached hydrogens (tertiary/aromatic N) is 1. The first-order chi connectivity index (χ1) is 9.93. The summed E-state index contributed by atoms with van der Waals surface area (Å²) in [5.74, 6) is -0.889. The van der Waals surface area contributed by atoms with E-state index in [9.17, 15) is 12.8 Å². The summed E-state index contributed by atoms with van der Waals surface area (Å²) in [6.45, 7) is 1.40. The Morgan fingerprint density at radius 3 is 2.59 bits per heavy atom. The Balaban J connectivity index is 0.00000176. The van der Waals surface area contributed by atoms with Gasteiger partial charge in [-0.3, -0.25) is 0 Å². The standard InChI is InChI=1S/C13H15Cl2FN2O2S.ClH/c14-10-3-4-11(12(15)13(10)16)21(19,20)18-8-1-2-9(18)7-17-6-5-8;/h3-4,8-9,17H,1-2,5-7H2;1H. The summed E-state index contributed by atoms with van der Waals surface area (Å²) in [5.41, 5.74) is 0. The predicted molar refractivity (Wildman–Crippen MR) is 87.0 cm³/mol. The fourth-order valence-corrected chi connectivity index (χ4v) is 5.77. The van der Waals surface area contributed by atoms with Gasteiger partial charge in [0.1, 0.15) is 4.90 Å². The minimum atomic E-state index is -3.83. The largest absolute Gasteiger partial charge is 0.315 e. The summed E-state index contributed by atoms with van der Waals surface area (Å²) >= 11 is 11.5. The molecule has 1 N–H and O–H groups in total. The van der Waals surface area contributed by atoms with Crippen molar-refractivity contribution in [1.29, 1.82) is 0 Å². The van der Waals surface area contributed by atoms with Crippen LogP contribution in [0.1, 0.15) is 19.3 Å². The molecule has 2 saturated heterocycles. The number of fused-ring (bicyclic) bond motifs is 2. The predicted octanol–water partition coefficient (Wildman–Crippen LogP) is 3.07. The summed E-state index contributed by atoms with van der Waals surface area (Å²) < 4.78 is 41.1. The van der Waals surface area contributed by atoms with Crippen molar-refractivity contribution in [1.82, 2.24) is 9.62 Å². The number of hydrogen-bond donors (Lipinski definition) is 1. The van der Waals surface area contributed by atoms with Crippen LogP contribution < -0.4 is 5.32 Å². The van der Waals surface area contributed by atoms with Crippen molar-refractivity contribution in [3.8, 4) is 0 Å². The second-order valence-corrected chi connectivity index (χ2v) is 7.98. The molecule has 0 aromatic heterocycles. The maximum atomic E-state index is 13.8. The van der Waals surface area contributed by atoms with E-state index in [0.29, 0.717) is 6.54 Å². The van der Waals surface area contributed by atoms with Gasteiger partial charge in [0.05, 0.1) is 10.0 Å². The van der Waals surface area contributed by atoms with Gasteiger partial charge in [-0.15, -0.1) is 12.4 Å². The summed E-state index contributed by atoms with van der Waals surface area (Å²) in [7, 11) is -3.83. The van der Waals surface area contributed by atoms with E-state index < -0.39 is 20.9 Å². The third kappa shape index (κ3) is 2.97. The molecule has 2 heterocycles. The van der Waals surface area contributed by atoms with Crippen molar-refractivity contribution in [2.75, 3.05) is 13.1 Å². The lowest BCUT2D eigenvalue weighted by Gasteiger charge is -2.27. The summed E-state index contributed by atoms with van der Waals surface area (Å²) in [6, 6.07) is 2.36. The zero-order valence-electron chi connectivity index (χ0n) is 11.6. The number of hydrogen-bond acceptors (Lipinski definition) is 3. The van der Waals surface area contributed by atoms with E-state index in [1.54, 1.807) is 0 Å². The lowest BCUT2D eigenvalue weighted by molar-refractivity contribution is 0.334. The topological polar surface area (TPSA) is 49.4 Å². The molecular weight excluding hydrogens is 374 g/mol. The van der Waals surface area contributed by atoms with Gasteiger partial charge in [0, 0.05) is 18.6 Å². The van der Waals surface area contributed by atoms with Gasteiger partial charge in [-0.1, -0.05) is 23.2 Å². The van der Waals surface area contributed by atoms with Gasteiger partial charge >= 0.3 is 0 Å². The first-order valence-corrected chi connectivity index (χ1v) is 9.00. The van der Waals surface area contributed by atoms with Crippen LogP contribution in [-0.2, 0) is 10.0 Å². The molecule has 4 nitrogen and oxygen atoms in total. The van der Waals surface area contributed by atoms with Gasteiger partial charge in [-0.25, -0.2) is 12.8 Å². The van der Waals surface area contributed by atoms with Crippen molar-refractivity contribution >= 4 is 45.6 Å². The molecule has 2 fully saturated rings. The molecule has 1 aromatic carbocycles. The van der Waals surface area contributed by atoms with Crippen molar-refractivity contribution in [3.63, 3.8) is 0 Å². The van der Waals surface area contributed by atoms with Gasteiger partial charge in [0.2, 0.25) is 10.0 Å². The average molecular weight is 390 g/mol. The average Bonchev–Trinajstić information content (AvgIpc) is 2.70. The van der Waals surface area contributed by atoms with Gasteiger partial charge in [-0.2, -0.15) is 4.31 Å². The quantitative estimate of drug-likeness (QED) is 0.791. The van der Waals surface area contributed by atoms with Crippen LogP contribution in [0.25, 0.3) is 0 Å². The molecule has 2 aliphatic rings. The van der Waals surface area contributed by atoms with Crippen molar-refractivity contribution in [3.05, 3.63) is 28.0 Å². The van der Waals surface area contributed by atoms with Gasteiger partial charge in [0.25, 0.3) is 0 Å². The molecular formula is C13H16Cl3FN2O2S. The van der Waals surface area contributed by atoms with Crippen LogP contribution in [0, 0.1) is 5.82 Å². The van der Waals surface area contributed by atoms with E-state index in [-0.39, 0.29) is 34.4 Å². The van der Waals surface area contributed by atoms with E-state index in [1.165, 1.54) is 16.4 Å². The van der Waals surface area contributed by atoms with Gasteiger partial charge < -0.3 is 5.32 Å². The summed E-state index contributed by atoms with van der Waals surface area (Å²) in [5, 5.41) is 2.62. The Labute approximate surface area is 145 Å². The second-order valence-electron chi connectivity index (χ2n) is 5.39. The highest BCUT2D eigenvalue weighted by atomic mass is 35.5. The zero-order valence-corrected chi connectivity index (χ0v) is 14.7. The number of benzene rings is 1. The van der Waals surface area contributed by atoms with E-state index in [4.69, 9.17) is 23.2 Å². The molecule has 1 aromatic rings. The highest BCUT2D eigenvalue weighted by molar-refractivity contribution is 7.89. The Morgan fingerprint density at radius 2 is 1.86 bits per heavy atom. The molecule has 22 heavy (non-hydrogen) atoms. The van der Waals surface area contributed by atoms with Crippen LogP contribution in [0.5, 0.6) is 0 Å². The monoisotopic (exact) mass is 388 g/mol. The van der Waals surface area contributed by atoms with Crippen LogP contribution in [0.3, 0.4) is 0 Å². The lowest BCUT2D eigenvalue weighted by Crippen LogP contribution is -2.42. The molecule has 0 amide bonds. The van der Waals surface area contributed by atoms with Crippen LogP contribution >= 0.6 is 35.6 Å². The van der Waals surface area contributed by atoms with Gasteiger partial charge in [0.15, 0.2) is 5.82 Å². The van der Waals surface area contributed by atoms with Crippen LogP contribution in [0.2, 0.25) is 10.0 Å². The molecule has 2 atom stereocenters. The molecule has 0 saturated carbocycles. The minimum absolute atomic E-state index is 0. The Hall–Kier alpha value is -0.110. The molecule has 2 bridgehead atoms. The van der Waals surface area contributed by atoms with E-state index >= 15 is 0 Å². The molecule has 0 aliphatic carbocycles. The number of rotatable bonds is 2. The van der Waals surface area contributed by atoms with E-state index in [1.807, 2.05) is 0 Å². The fourth-order valence-electron chi connectivity index (χ4n) is 3.15. The number of halogens is 4. The van der Waals surface area contributed by atoms with Crippen molar-refractivity contribution < 1.29 is 12.8 Å². The van der Waals surface area contributed by atoms with Crippen LogP contribution in [-0.4, -0.2) is 37.9 Å². The van der Waals surface area contributed by atoms with Crippen LogP contribution in [0.15, 0.2) is 17.0 Å². The molecule has 3 rings (SSSR count). The fraction of sp³-hybridized carbons (Fsp3) is 0.538. The molecule has 2 aliphatic heterocycles. The Kier molecular flexibility index (Phi) is 5.63. The normalized spacial score (nSPS) is 25.6. The molecule has 0 radical (unpaired) electrons. The second kappa shape index (κ2) is 6.79. The van der Waals surface area contributed by atoms with Crippen LogP contribution in [0.4, 0.5) is 4.39 Å². The maximum Gasteiger partial charge on any atom is 0.245 e. The first-order valence-electron chi connectivity index (χ1n) is 6.80. The molecule has 0 spiro atoms. The van der Waals surface area contributed by atoms with E-state index in [0.717, 1.165) is 25.8 Å². The maximum absolute atomic E-state index is 13.8. The minimum Gasteiger partial charge on any atom is -0.315 e. The third-order valence-electron chi connectivity index (χ3n) is 4.14. The first kappa shape index (κ1) is 18.2. The smallest absolute Gasteiger partial charge is 0.245 e. The Morgan fingerprint density at radius 1 is 1.18 bits per heavy atom. The Bertz CT molecular complexity index is 657. The summed E-state index contributed by atoms with van der Waals surface area (Å²) in [6.07, 6.45) is 2.40. The number of sulfonamides is 1. The van der Waals surface area contributed by atoms with Gasteiger partial charge in [-0.05, 0) is 37.9 Å².